The standard InChI is InChI=1S/C18H15N3O7/c22-11(23)6-20-17(24)12-9-5-10(13(12)18(20)25)16-14(9)15(19-28-16)7-2-1-3-8(4-7)21(26)27/h1-4,9-10,12-14,16H,5-6H2,(H,22,23)/t9-,10-,12+,13-,14-,16-/m1/s1. The van der Waals surface area contributed by atoms with Crippen molar-refractivity contribution < 1.29 is 29.3 Å². The number of likely N-dealkylation sites (tertiary alicyclic amines) is 1. The van der Waals surface area contributed by atoms with E-state index >= 15 is 0 Å². The number of benzene rings is 1. The van der Waals surface area contributed by atoms with Crippen LogP contribution in [0, 0.1) is 39.7 Å². The number of nitrogens with zero attached hydrogens (tertiary/aromatic N) is 3. The smallest absolute Gasteiger partial charge is 0.323 e. The number of amides is 2. The monoisotopic (exact) mass is 385 g/mol. The van der Waals surface area contributed by atoms with Gasteiger partial charge in [-0.05, 0) is 12.3 Å². The maximum atomic E-state index is 12.8. The van der Waals surface area contributed by atoms with Crippen LogP contribution in [0.25, 0.3) is 0 Å². The molecule has 1 N–H and O–H groups in total. The van der Waals surface area contributed by atoms with Crippen molar-refractivity contribution >= 4 is 29.2 Å². The van der Waals surface area contributed by atoms with Crippen molar-refractivity contribution in [1.29, 1.82) is 0 Å². The number of nitro benzene ring substituents is 1. The highest BCUT2D eigenvalue weighted by molar-refractivity contribution is 6.10. The van der Waals surface area contributed by atoms with Gasteiger partial charge in [0.1, 0.15) is 12.6 Å². The lowest BCUT2D eigenvalue weighted by Gasteiger charge is -2.29. The Morgan fingerprint density at radius 2 is 1.96 bits per heavy atom. The number of aliphatic carboxylic acids is 1. The zero-order valence-corrected chi connectivity index (χ0v) is 14.4. The number of carboxylic acid groups (broad SMARTS) is 1. The van der Waals surface area contributed by atoms with Crippen LogP contribution in [0.5, 0.6) is 0 Å². The summed E-state index contributed by atoms with van der Waals surface area (Å²) in [6.45, 7) is -0.633. The lowest BCUT2D eigenvalue weighted by atomic mass is 9.71. The van der Waals surface area contributed by atoms with E-state index in [4.69, 9.17) is 9.94 Å². The van der Waals surface area contributed by atoms with Gasteiger partial charge in [0.05, 0.1) is 22.5 Å². The molecule has 0 radical (unpaired) electrons. The summed E-state index contributed by atoms with van der Waals surface area (Å²) in [5, 5.41) is 24.2. The third kappa shape index (κ3) is 2.08. The predicted octanol–water partition coefficient (Wildman–Crippen LogP) is 0.649. The maximum absolute atomic E-state index is 12.8. The lowest BCUT2D eigenvalue weighted by Crippen LogP contribution is -2.41. The molecule has 6 atom stereocenters. The number of nitro groups is 1. The fourth-order valence-electron chi connectivity index (χ4n) is 5.50. The van der Waals surface area contributed by atoms with Gasteiger partial charge >= 0.3 is 5.97 Å². The van der Waals surface area contributed by atoms with Crippen LogP contribution in [0.2, 0.25) is 0 Å². The summed E-state index contributed by atoms with van der Waals surface area (Å²) in [6.07, 6.45) is 0.249. The topological polar surface area (TPSA) is 139 Å². The molecule has 2 aliphatic heterocycles. The van der Waals surface area contributed by atoms with Gasteiger partial charge in [-0.15, -0.1) is 0 Å². The molecule has 10 nitrogen and oxygen atoms in total. The molecule has 5 rings (SSSR count). The van der Waals surface area contributed by atoms with E-state index in [1.807, 2.05) is 0 Å². The highest BCUT2D eigenvalue weighted by atomic mass is 16.6. The molecule has 1 aromatic carbocycles. The summed E-state index contributed by atoms with van der Waals surface area (Å²) < 4.78 is 0. The number of hydrogen-bond donors (Lipinski definition) is 1. The van der Waals surface area contributed by atoms with Crippen LogP contribution in [0.4, 0.5) is 5.69 Å². The largest absolute Gasteiger partial charge is 0.480 e. The van der Waals surface area contributed by atoms with Crippen molar-refractivity contribution in [2.24, 2.45) is 34.7 Å². The van der Waals surface area contributed by atoms with Gasteiger partial charge in [0, 0.05) is 29.5 Å². The zero-order valence-electron chi connectivity index (χ0n) is 14.4. The van der Waals surface area contributed by atoms with Crippen molar-refractivity contribution in [3.63, 3.8) is 0 Å². The third-order valence-corrected chi connectivity index (χ3v) is 6.43. The molecule has 1 saturated heterocycles. The SMILES string of the molecule is O=C(O)CN1C(=O)[C@@H]2[C@H]3C[C@@H]([C@@H]4C(c5cccc([N+](=O)[O-])c5)=NO[C@H]34)[C@@H]2C1=O. The maximum Gasteiger partial charge on any atom is 0.323 e. The van der Waals surface area contributed by atoms with E-state index in [1.54, 1.807) is 12.1 Å². The average Bonchev–Trinajstić information content (AvgIpc) is 3.38. The number of hydrogen-bond acceptors (Lipinski definition) is 7. The molecule has 28 heavy (non-hydrogen) atoms. The number of non-ortho nitro benzene ring substituents is 1. The predicted molar refractivity (Wildman–Crippen MR) is 90.9 cm³/mol. The molecular formula is C18H15N3O7. The number of carbonyl (C=O) groups is 3. The molecule has 3 fully saturated rings. The molecule has 0 aromatic heterocycles. The molecule has 4 aliphatic rings. The first-order chi connectivity index (χ1) is 13.4. The van der Waals surface area contributed by atoms with Gasteiger partial charge in [-0.2, -0.15) is 0 Å². The Kier molecular flexibility index (Phi) is 3.37. The number of carbonyl (C=O) groups excluding carboxylic acids is 2. The molecule has 2 saturated carbocycles. The van der Waals surface area contributed by atoms with E-state index in [9.17, 15) is 24.5 Å². The van der Waals surface area contributed by atoms with Crippen LogP contribution in [-0.4, -0.2) is 51.1 Å². The Morgan fingerprint density at radius 3 is 2.64 bits per heavy atom. The second-order valence-corrected chi connectivity index (χ2v) is 7.65. The van der Waals surface area contributed by atoms with Gasteiger partial charge < -0.3 is 9.94 Å². The van der Waals surface area contributed by atoms with Gasteiger partial charge in [-0.3, -0.25) is 29.4 Å². The minimum Gasteiger partial charge on any atom is -0.480 e. The Labute approximate surface area is 157 Å². The first-order valence-electron chi connectivity index (χ1n) is 8.94. The van der Waals surface area contributed by atoms with E-state index in [0.29, 0.717) is 17.7 Å². The van der Waals surface area contributed by atoms with E-state index in [0.717, 1.165) is 4.90 Å². The van der Waals surface area contributed by atoms with Crippen LogP contribution in [0.15, 0.2) is 29.4 Å². The highest BCUT2D eigenvalue weighted by Gasteiger charge is 2.70. The lowest BCUT2D eigenvalue weighted by molar-refractivity contribution is -0.384. The molecule has 2 amide bonds. The van der Waals surface area contributed by atoms with Crippen molar-refractivity contribution in [1.82, 2.24) is 4.90 Å². The summed E-state index contributed by atoms with van der Waals surface area (Å²) in [5.41, 5.74) is 1.05. The number of rotatable bonds is 4. The van der Waals surface area contributed by atoms with E-state index < -0.39 is 41.1 Å². The Balaban J connectivity index is 1.47. The van der Waals surface area contributed by atoms with Gasteiger partial charge in [0.2, 0.25) is 11.8 Å². The van der Waals surface area contributed by atoms with E-state index in [2.05, 4.69) is 5.16 Å². The number of imide groups is 1. The summed E-state index contributed by atoms with van der Waals surface area (Å²) >= 11 is 0. The van der Waals surface area contributed by atoms with Gasteiger partial charge in [0.15, 0.2) is 0 Å². The van der Waals surface area contributed by atoms with Crippen LogP contribution in [0.3, 0.4) is 0 Å². The minimum absolute atomic E-state index is 0.0653. The number of oxime groups is 1. The highest BCUT2D eigenvalue weighted by Crippen LogP contribution is 2.61. The summed E-state index contributed by atoms with van der Waals surface area (Å²) in [7, 11) is 0. The molecule has 0 spiro atoms. The fraction of sp³-hybridized carbons (Fsp3) is 0.444. The second-order valence-electron chi connectivity index (χ2n) is 7.65. The van der Waals surface area contributed by atoms with E-state index in [1.165, 1.54) is 12.1 Å². The van der Waals surface area contributed by atoms with Crippen molar-refractivity contribution in [3.05, 3.63) is 39.9 Å². The van der Waals surface area contributed by atoms with Crippen molar-refractivity contribution in [3.8, 4) is 0 Å². The Bertz CT molecular complexity index is 974. The Morgan fingerprint density at radius 1 is 1.25 bits per heavy atom. The molecule has 2 aliphatic carbocycles. The van der Waals surface area contributed by atoms with Crippen LogP contribution < -0.4 is 0 Å². The average molecular weight is 385 g/mol. The summed E-state index contributed by atoms with van der Waals surface area (Å²) in [6, 6.07) is 6.08. The summed E-state index contributed by atoms with van der Waals surface area (Å²) in [4.78, 5) is 53.5. The van der Waals surface area contributed by atoms with Crippen LogP contribution in [-0.2, 0) is 19.2 Å². The number of carboxylic acids is 1. The molecule has 144 valence electrons. The molecule has 2 heterocycles. The van der Waals surface area contributed by atoms with Crippen LogP contribution in [0.1, 0.15) is 12.0 Å². The van der Waals surface area contributed by atoms with Gasteiger partial charge in [0.25, 0.3) is 5.69 Å². The summed E-state index contributed by atoms with van der Waals surface area (Å²) in [5.74, 6) is -3.93. The molecule has 1 aromatic rings. The van der Waals surface area contributed by atoms with Crippen LogP contribution >= 0.6 is 0 Å². The normalized spacial score (nSPS) is 34.9. The Hall–Kier alpha value is -3.30. The first-order valence-corrected chi connectivity index (χ1v) is 8.94. The van der Waals surface area contributed by atoms with E-state index in [-0.39, 0.29) is 29.5 Å². The van der Waals surface area contributed by atoms with Crippen molar-refractivity contribution in [2.45, 2.75) is 12.5 Å². The molecule has 2 bridgehead atoms. The van der Waals surface area contributed by atoms with Gasteiger partial charge in [-0.1, -0.05) is 17.3 Å². The molecular weight excluding hydrogens is 370 g/mol. The first kappa shape index (κ1) is 16.8. The molecule has 0 unspecified atom stereocenters. The molecule has 10 heteroatoms. The van der Waals surface area contributed by atoms with Crippen molar-refractivity contribution in [2.75, 3.05) is 6.54 Å². The second kappa shape index (κ2) is 5.60. The minimum atomic E-state index is -1.23. The van der Waals surface area contributed by atoms with Gasteiger partial charge in [-0.25, -0.2) is 0 Å². The zero-order chi connectivity index (χ0) is 19.7. The fourth-order valence-corrected chi connectivity index (χ4v) is 5.50. The number of fused-ring (bicyclic) bond motifs is 8. The third-order valence-electron chi connectivity index (χ3n) is 6.43. The quantitative estimate of drug-likeness (QED) is 0.456.